The van der Waals surface area contributed by atoms with Gasteiger partial charge in [0.15, 0.2) is 5.03 Å². The largest absolute Gasteiger partial charge is 0.379 e. The third-order valence-electron chi connectivity index (χ3n) is 2.21. The van der Waals surface area contributed by atoms with Crippen molar-refractivity contribution in [2.45, 2.75) is 5.03 Å². The molecule has 2 heterocycles. The first-order valence-corrected chi connectivity index (χ1v) is 6.14. The second-order valence-corrected chi connectivity index (χ2v) is 5.07. The van der Waals surface area contributed by atoms with E-state index in [9.17, 15) is 8.42 Å². The van der Waals surface area contributed by atoms with Crippen LogP contribution in [0.2, 0.25) is 0 Å². The van der Waals surface area contributed by atoms with Gasteiger partial charge in [-0.25, -0.2) is 13.4 Å². The van der Waals surface area contributed by atoms with Crippen LogP contribution in [0.15, 0.2) is 29.4 Å². The van der Waals surface area contributed by atoms with Gasteiger partial charge in [0, 0.05) is 19.3 Å². The number of hydrogen-bond donors (Lipinski definition) is 0. The molecule has 0 radical (unpaired) electrons. The SMILES string of the molecule is O=S(=O)(c1ccccn1)N1CCOCC1. The van der Waals surface area contributed by atoms with Gasteiger partial charge in [0.05, 0.1) is 13.2 Å². The Morgan fingerprint density at radius 3 is 2.60 bits per heavy atom. The molecule has 1 fully saturated rings. The zero-order valence-electron chi connectivity index (χ0n) is 8.17. The topological polar surface area (TPSA) is 59.5 Å². The van der Waals surface area contributed by atoms with Crippen molar-refractivity contribution in [2.24, 2.45) is 0 Å². The van der Waals surface area contributed by atoms with Gasteiger partial charge < -0.3 is 4.74 Å². The van der Waals surface area contributed by atoms with E-state index in [1.807, 2.05) is 0 Å². The van der Waals surface area contributed by atoms with Crippen molar-refractivity contribution in [1.29, 1.82) is 0 Å². The molecule has 1 aliphatic heterocycles. The van der Waals surface area contributed by atoms with Gasteiger partial charge in [0.25, 0.3) is 10.0 Å². The maximum atomic E-state index is 12.0. The summed E-state index contributed by atoms with van der Waals surface area (Å²) in [7, 11) is -3.42. The molecule has 1 aliphatic rings. The first-order valence-electron chi connectivity index (χ1n) is 4.70. The van der Waals surface area contributed by atoms with Crippen LogP contribution in [0.5, 0.6) is 0 Å². The molecular weight excluding hydrogens is 216 g/mol. The summed E-state index contributed by atoms with van der Waals surface area (Å²) in [5, 5.41) is 0.104. The van der Waals surface area contributed by atoms with Crippen LogP contribution in [0.1, 0.15) is 0 Å². The van der Waals surface area contributed by atoms with Crippen LogP contribution in [0.4, 0.5) is 0 Å². The van der Waals surface area contributed by atoms with Crippen molar-refractivity contribution in [3.63, 3.8) is 0 Å². The number of ether oxygens (including phenoxy) is 1. The molecule has 0 N–H and O–H groups in total. The van der Waals surface area contributed by atoms with Crippen LogP contribution < -0.4 is 0 Å². The van der Waals surface area contributed by atoms with Gasteiger partial charge in [-0.2, -0.15) is 4.31 Å². The van der Waals surface area contributed by atoms with E-state index < -0.39 is 10.0 Å². The number of rotatable bonds is 2. The highest BCUT2D eigenvalue weighted by Gasteiger charge is 2.26. The fraction of sp³-hybridized carbons (Fsp3) is 0.444. The minimum absolute atomic E-state index is 0.104. The van der Waals surface area contributed by atoms with Crippen LogP contribution in [0, 0.1) is 0 Å². The predicted molar refractivity (Wildman–Crippen MR) is 53.8 cm³/mol. The molecule has 0 saturated carbocycles. The number of sulfonamides is 1. The van der Waals surface area contributed by atoms with E-state index in [0.29, 0.717) is 26.3 Å². The minimum Gasteiger partial charge on any atom is -0.379 e. The summed E-state index contributed by atoms with van der Waals surface area (Å²) in [6, 6.07) is 4.86. The average Bonchev–Trinajstić information content (AvgIpc) is 2.31. The molecular formula is C9H12N2O3S. The lowest BCUT2D eigenvalue weighted by Crippen LogP contribution is -2.40. The number of aromatic nitrogens is 1. The average molecular weight is 228 g/mol. The molecule has 15 heavy (non-hydrogen) atoms. The first kappa shape index (κ1) is 10.5. The Morgan fingerprint density at radius 2 is 2.00 bits per heavy atom. The quantitative estimate of drug-likeness (QED) is 0.720. The Hall–Kier alpha value is -0.980. The third-order valence-corrected chi connectivity index (χ3v) is 4.03. The lowest BCUT2D eigenvalue weighted by Gasteiger charge is -2.25. The third kappa shape index (κ3) is 2.17. The van der Waals surface area contributed by atoms with Gasteiger partial charge in [-0.15, -0.1) is 0 Å². The van der Waals surface area contributed by atoms with E-state index in [2.05, 4.69) is 4.98 Å². The maximum Gasteiger partial charge on any atom is 0.260 e. The molecule has 2 rings (SSSR count). The Labute approximate surface area is 88.7 Å². The zero-order chi connectivity index (χ0) is 10.7. The predicted octanol–water partition coefficient (Wildman–Crippen LogP) is 0.103. The molecule has 82 valence electrons. The summed E-state index contributed by atoms with van der Waals surface area (Å²) in [6.07, 6.45) is 1.48. The highest BCUT2D eigenvalue weighted by molar-refractivity contribution is 7.89. The molecule has 0 spiro atoms. The number of hydrogen-bond acceptors (Lipinski definition) is 4. The van der Waals surface area contributed by atoms with E-state index in [-0.39, 0.29) is 5.03 Å². The second-order valence-electron chi connectivity index (χ2n) is 3.18. The van der Waals surface area contributed by atoms with Crippen LogP contribution in [0.3, 0.4) is 0 Å². The molecule has 0 bridgehead atoms. The Bertz CT molecular complexity index is 412. The van der Waals surface area contributed by atoms with Crippen LogP contribution in [-0.4, -0.2) is 44.0 Å². The minimum atomic E-state index is -3.42. The van der Waals surface area contributed by atoms with Crippen molar-refractivity contribution >= 4 is 10.0 Å². The molecule has 1 saturated heterocycles. The highest BCUT2D eigenvalue weighted by Crippen LogP contribution is 2.13. The van der Waals surface area contributed by atoms with Gasteiger partial charge in [-0.05, 0) is 12.1 Å². The number of nitrogens with zero attached hydrogens (tertiary/aromatic N) is 2. The second kappa shape index (κ2) is 4.26. The van der Waals surface area contributed by atoms with Gasteiger partial charge in [0.2, 0.25) is 0 Å². The van der Waals surface area contributed by atoms with Crippen LogP contribution in [0.25, 0.3) is 0 Å². The highest BCUT2D eigenvalue weighted by atomic mass is 32.2. The van der Waals surface area contributed by atoms with Gasteiger partial charge in [-0.1, -0.05) is 6.07 Å². The Balaban J connectivity index is 2.26. The summed E-state index contributed by atoms with van der Waals surface area (Å²) in [6.45, 7) is 1.70. The molecule has 0 aromatic carbocycles. The van der Waals surface area contributed by atoms with Crippen molar-refractivity contribution < 1.29 is 13.2 Å². The van der Waals surface area contributed by atoms with Gasteiger partial charge in [-0.3, -0.25) is 0 Å². The van der Waals surface area contributed by atoms with Gasteiger partial charge in [0.1, 0.15) is 0 Å². The molecule has 0 aliphatic carbocycles. The zero-order valence-corrected chi connectivity index (χ0v) is 8.98. The molecule has 5 nitrogen and oxygen atoms in total. The molecule has 1 aromatic heterocycles. The summed E-state index contributed by atoms with van der Waals surface area (Å²) in [5.41, 5.74) is 0. The molecule has 1 aromatic rings. The van der Waals surface area contributed by atoms with Crippen molar-refractivity contribution in [1.82, 2.24) is 9.29 Å². The Morgan fingerprint density at radius 1 is 1.27 bits per heavy atom. The lowest BCUT2D eigenvalue weighted by molar-refractivity contribution is 0.0729. The van der Waals surface area contributed by atoms with Gasteiger partial charge >= 0.3 is 0 Å². The fourth-order valence-electron chi connectivity index (χ4n) is 1.42. The number of pyridine rings is 1. The molecule has 6 heteroatoms. The molecule has 0 amide bonds. The van der Waals surface area contributed by atoms with E-state index in [0.717, 1.165) is 0 Å². The summed E-state index contributed by atoms with van der Waals surface area (Å²) in [4.78, 5) is 3.86. The summed E-state index contributed by atoms with van der Waals surface area (Å²) >= 11 is 0. The number of morpholine rings is 1. The van der Waals surface area contributed by atoms with Crippen LogP contribution >= 0.6 is 0 Å². The first-order chi connectivity index (χ1) is 7.21. The van der Waals surface area contributed by atoms with Crippen molar-refractivity contribution in [3.05, 3.63) is 24.4 Å². The standard InChI is InChI=1S/C9H12N2O3S/c12-15(13,9-3-1-2-4-10-9)11-5-7-14-8-6-11/h1-4H,5-8H2. The van der Waals surface area contributed by atoms with Crippen molar-refractivity contribution in [3.8, 4) is 0 Å². The van der Waals surface area contributed by atoms with Crippen LogP contribution in [-0.2, 0) is 14.8 Å². The lowest BCUT2D eigenvalue weighted by atomic mass is 10.5. The molecule has 0 unspecified atom stereocenters. The van der Waals surface area contributed by atoms with E-state index in [1.165, 1.54) is 16.6 Å². The monoisotopic (exact) mass is 228 g/mol. The Kier molecular flexibility index (Phi) is 2.99. The molecule has 0 atom stereocenters. The summed E-state index contributed by atoms with van der Waals surface area (Å²) in [5.74, 6) is 0. The fourth-order valence-corrected chi connectivity index (χ4v) is 2.76. The van der Waals surface area contributed by atoms with E-state index in [1.54, 1.807) is 12.1 Å². The smallest absolute Gasteiger partial charge is 0.260 e. The van der Waals surface area contributed by atoms with E-state index >= 15 is 0 Å². The van der Waals surface area contributed by atoms with E-state index in [4.69, 9.17) is 4.74 Å². The normalized spacial score (nSPS) is 18.9. The maximum absolute atomic E-state index is 12.0. The van der Waals surface area contributed by atoms with Crippen molar-refractivity contribution in [2.75, 3.05) is 26.3 Å². The summed E-state index contributed by atoms with van der Waals surface area (Å²) < 4.78 is 30.5.